The van der Waals surface area contributed by atoms with Crippen molar-refractivity contribution in [2.24, 2.45) is 7.05 Å². The zero-order chi connectivity index (χ0) is 16.0. The van der Waals surface area contributed by atoms with E-state index in [1.165, 1.54) is 32.2 Å². The Morgan fingerprint density at radius 2 is 2.00 bits per heavy atom. The van der Waals surface area contributed by atoms with Crippen LogP contribution in [0, 0.1) is 6.92 Å². The van der Waals surface area contributed by atoms with Crippen molar-refractivity contribution in [1.82, 2.24) is 14.5 Å². The maximum atomic E-state index is 11.9. The molecule has 0 unspecified atom stereocenters. The molecule has 0 aliphatic carbocycles. The Morgan fingerprint density at radius 3 is 2.68 bits per heavy atom. The van der Waals surface area contributed by atoms with Crippen LogP contribution in [0.4, 0.5) is 0 Å². The molecule has 0 spiro atoms. The maximum absolute atomic E-state index is 11.9. The molecule has 0 aliphatic rings. The molecule has 0 saturated carbocycles. The maximum Gasteiger partial charge on any atom is 0.349 e. The van der Waals surface area contributed by atoms with Gasteiger partial charge in [0.2, 0.25) is 0 Å². The summed E-state index contributed by atoms with van der Waals surface area (Å²) in [5.74, 6) is -0.0219. The van der Waals surface area contributed by atoms with E-state index in [0.717, 1.165) is 4.57 Å². The Balaban J connectivity index is 2.40. The summed E-state index contributed by atoms with van der Waals surface area (Å²) in [6.07, 6.45) is 0. The standard InChI is InChI=1S/C14H11N3O5/c1-6-5-9(18)10(13(20)22-6)8-4-3-7-11(15-8)17(2)14(21)16-12(7)19/h3-5,18H,1-2H3,(H,16,19,21). The second-order valence-corrected chi connectivity index (χ2v) is 4.79. The Kier molecular flexibility index (Phi) is 2.94. The van der Waals surface area contributed by atoms with Crippen molar-refractivity contribution in [3.63, 3.8) is 0 Å². The van der Waals surface area contributed by atoms with Crippen LogP contribution in [0.5, 0.6) is 5.75 Å². The molecule has 22 heavy (non-hydrogen) atoms. The fourth-order valence-corrected chi connectivity index (χ4v) is 2.20. The number of hydrogen-bond acceptors (Lipinski definition) is 6. The number of nitrogens with one attached hydrogen (secondary N) is 1. The second kappa shape index (κ2) is 4.69. The molecular weight excluding hydrogens is 290 g/mol. The van der Waals surface area contributed by atoms with Gasteiger partial charge in [-0.1, -0.05) is 0 Å². The number of hydrogen-bond donors (Lipinski definition) is 2. The lowest BCUT2D eigenvalue weighted by molar-refractivity contribution is 0.438. The zero-order valence-corrected chi connectivity index (χ0v) is 11.7. The highest BCUT2D eigenvalue weighted by molar-refractivity contribution is 5.78. The number of aromatic amines is 1. The summed E-state index contributed by atoms with van der Waals surface area (Å²) in [5, 5.41) is 10.1. The third-order valence-electron chi connectivity index (χ3n) is 3.27. The highest BCUT2D eigenvalue weighted by Gasteiger charge is 2.15. The predicted octanol–water partition coefficient (Wildman–Crippen LogP) is 0.256. The molecular formula is C14H11N3O5. The van der Waals surface area contributed by atoms with Crippen LogP contribution in [0.1, 0.15) is 5.76 Å². The van der Waals surface area contributed by atoms with Gasteiger partial charge in [-0.15, -0.1) is 0 Å². The van der Waals surface area contributed by atoms with E-state index in [2.05, 4.69) is 9.97 Å². The van der Waals surface area contributed by atoms with E-state index in [1.54, 1.807) is 0 Å². The molecule has 2 N–H and O–H groups in total. The summed E-state index contributed by atoms with van der Waals surface area (Å²) in [5.41, 5.74) is -1.86. The predicted molar refractivity (Wildman–Crippen MR) is 78.0 cm³/mol. The minimum absolute atomic E-state index is 0.102. The lowest BCUT2D eigenvalue weighted by atomic mass is 10.1. The quantitative estimate of drug-likeness (QED) is 0.665. The first-order valence-electron chi connectivity index (χ1n) is 6.32. The third kappa shape index (κ3) is 2.01. The molecule has 0 radical (unpaired) electrons. The van der Waals surface area contributed by atoms with Crippen molar-refractivity contribution in [2.45, 2.75) is 6.92 Å². The largest absolute Gasteiger partial charge is 0.507 e. The molecule has 3 aromatic heterocycles. The van der Waals surface area contributed by atoms with E-state index < -0.39 is 16.9 Å². The number of rotatable bonds is 1. The van der Waals surface area contributed by atoms with Gasteiger partial charge in [-0.05, 0) is 19.1 Å². The van der Waals surface area contributed by atoms with E-state index in [9.17, 15) is 19.5 Å². The van der Waals surface area contributed by atoms with Crippen LogP contribution in [-0.4, -0.2) is 19.6 Å². The topological polar surface area (TPSA) is 118 Å². The minimum atomic E-state index is -0.751. The highest BCUT2D eigenvalue weighted by Crippen LogP contribution is 2.25. The number of fused-ring (bicyclic) bond motifs is 1. The SMILES string of the molecule is Cc1cc(O)c(-c2ccc3c(=O)[nH]c(=O)n(C)c3n2)c(=O)o1. The van der Waals surface area contributed by atoms with Crippen molar-refractivity contribution in [3.05, 3.63) is 55.2 Å². The van der Waals surface area contributed by atoms with Gasteiger partial charge in [0, 0.05) is 13.1 Å². The zero-order valence-electron chi connectivity index (χ0n) is 11.7. The Morgan fingerprint density at radius 1 is 1.27 bits per heavy atom. The molecule has 0 fully saturated rings. The van der Waals surface area contributed by atoms with Crippen molar-refractivity contribution in [2.75, 3.05) is 0 Å². The average molecular weight is 301 g/mol. The number of nitrogens with zero attached hydrogens (tertiary/aromatic N) is 2. The molecule has 0 saturated heterocycles. The van der Waals surface area contributed by atoms with Crippen LogP contribution in [0.25, 0.3) is 22.3 Å². The minimum Gasteiger partial charge on any atom is -0.507 e. The summed E-state index contributed by atoms with van der Waals surface area (Å²) < 4.78 is 6.09. The number of H-pyrrole nitrogens is 1. The first-order valence-corrected chi connectivity index (χ1v) is 6.32. The Bertz CT molecular complexity index is 1070. The highest BCUT2D eigenvalue weighted by atomic mass is 16.4. The molecule has 0 aromatic carbocycles. The monoisotopic (exact) mass is 301 g/mol. The summed E-state index contributed by atoms with van der Waals surface area (Å²) in [6, 6.07) is 4.12. The van der Waals surface area contributed by atoms with Crippen LogP contribution in [-0.2, 0) is 7.05 Å². The van der Waals surface area contributed by atoms with Gasteiger partial charge in [-0.25, -0.2) is 14.6 Å². The molecule has 8 nitrogen and oxygen atoms in total. The van der Waals surface area contributed by atoms with E-state index in [1.807, 2.05) is 0 Å². The van der Waals surface area contributed by atoms with Gasteiger partial charge in [-0.3, -0.25) is 14.3 Å². The second-order valence-electron chi connectivity index (χ2n) is 4.79. The van der Waals surface area contributed by atoms with E-state index in [-0.39, 0.29) is 33.8 Å². The third-order valence-corrected chi connectivity index (χ3v) is 3.27. The van der Waals surface area contributed by atoms with E-state index >= 15 is 0 Å². The van der Waals surface area contributed by atoms with Gasteiger partial charge in [0.05, 0.1) is 11.1 Å². The van der Waals surface area contributed by atoms with Crippen molar-refractivity contribution in [3.8, 4) is 17.0 Å². The van der Waals surface area contributed by atoms with Gasteiger partial charge in [-0.2, -0.15) is 0 Å². The van der Waals surface area contributed by atoms with Gasteiger partial charge >= 0.3 is 11.3 Å². The normalized spacial score (nSPS) is 11.0. The van der Waals surface area contributed by atoms with E-state index in [4.69, 9.17) is 4.42 Å². The number of pyridine rings is 1. The summed E-state index contributed by atoms with van der Waals surface area (Å²) >= 11 is 0. The molecule has 8 heteroatoms. The van der Waals surface area contributed by atoms with Gasteiger partial charge in [0.25, 0.3) is 5.56 Å². The number of aryl methyl sites for hydroxylation is 2. The van der Waals surface area contributed by atoms with Crippen LogP contribution >= 0.6 is 0 Å². The molecule has 3 heterocycles. The lowest BCUT2D eigenvalue weighted by Crippen LogP contribution is -2.29. The molecule has 0 aliphatic heterocycles. The average Bonchev–Trinajstić information content (AvgIpc) is 2.43. The van der Waals surface area contributed by atoms with Gasteiger partial charge < -0.3 is 9.52 Å². The van der Waals surface area contributed by atoms with Crippen LogP contribution in [0.2, 0.25) is 0 Å². The van der Waals surface area contributed by atoms with E-state index in [0.29, 0.717) is 0 Å². The summed E-state index contributed by atoms with van der Waals surface area (Å²) in [6.45, 7) is 1.53. The Hall–Kier alpha value is -3.16. The van der Waals surface area contributed by atoms with Gasteiger partial charge in [0.1, 0.15) is 22.7 Å². The van der Waals surface area contributed by atoms with Crippen molar-refractivity contribution < 1.29 is 9.52 Å². The molecule has 3 rings (SSSR count). The molecule has 3 aromatic rings. The molecule has 0 bridgehead atoms. The number of aromatic hydroxyl groups is 1. The molecule has 0 amide bonds. The fourth-order valence-electron chi connectivity index (χ4n) is 2.20. The Labute approximate surface area is 122 Å². The first-order chi connectivity index (χ1) is 10.4. The summed E-state index contributed by atoms with van der Waals surface area (Å²) in [7, 11) is 1.44. The number of aromatic nitrogens is 3. The van der Waals surface area contributed by atoms with Crippen LogP contribution < -0.4 is 16.9 Å². The van der Waals surface area contributed by atoms with Crippen molar-refractivity contribution in [1.29, 1.82) is 0 Å². The summed E-state index contributed by atoms with van der Waals surface area (Å²) in [4.78, 5) is 41.6. The van der Waals surface area contributed by atoms with Crippen molar-refractivity contribution >= 4 is 11.0 Å². The fraction of sp³-hybridized carbons (Fsp3) is 0.143. The van der Waals surface area contributed by atoms with Crippen LogP contribution in [0.3, 0.4) is 0 Å². The van der Waals surface area contributed by atoms with Gasteiger partial charge in [0.15, 0.2) is 0 Å². The van der Waals surface area contributed by atoms with Crippen LogP contribution in [0.15, 0.2) is 37.0 Å². The molecule has 112 valence electrons. The molecule has 0 atom stereocenters. The lowest BCUT2D eigenvalue weighted by Gasteiger charge is -2.06. The first kappa shape index (κ1) is 13.8. The smallest absolute Gasteiger partial charge is 0.349 e.